The number of fused-ring (bicyclic) bond motifs is 1. The highest BCUT2D eigenvalue weighted by atomic mass is 32.2. The van der Waals surface area contributed by atoms with Crippen LogP contribution in [0.1, 0.15) is 13.3 Å². The van der Waals surface area contributed by atoms with Crippen LogP contribution in [0, 0.1) is 10.1 Å². The SMILES string of the molecule is CC(=O)OCC1=C(C(=O)O)N2C(=O)[C@@](N)(CC[N+](=O)[O-])[C@H]2SC1. The number of carboxylic acid groups (broad SMARTS) is 1. The Bertz CT molecular complexity index is 620. The van der Waals surface area contributed by atoms with E-state index in [1.807, 2.05) is 0 Å². The number of carbonyl (C=O) groups excluding carboxylic acids is 2. The molecule has 2 aliphatic rings. The van der Waals surface area contributed by atoms with Crippen molar-refractivity contribution in [1.29, 1.82) is 0 Å². The Morgan fingerprint density at radius 2 is 2.26 bits per heavy atom. The quantitative estimate of drug-likeness (QED) is 0.272. The van der Waals surface area contributed by atoms with Crippen molar-refractivity contribution in [3.63, 3.8) is 0 Å². The number of hydrogen-bond acceptors (Lipinski definition) is 8. The molecule has 0 spiro atoms. The second kappa shape index (κ2) is 6.16. The van der Waals surface area contributed by atoms with Gasteiger partial charge in [0.25, 0.3) is 5.91 Å². The minimum atomic E-state index is -1.45. The van der Waals surface area contributed by atoms with Crippen LogP contribution in [-0.4, -0.2) is 62.6 Å². The number of aliphatic carboxylic acids is 1. The van der Waals surface area contributed by atoms with Gasteiger partial charge in [0, 0.05) is 29.6 Å². The summed E-state index contributed by atoms with van der Waals surface area (Å²) in [6.45, 7) is 0.490. The van der Waals surface area contributed by atoms with Gasteiger partial charge in [-0.05, 0) is 0 Å². The van der Waals surface area contributed by atoms with Crippen LogP contribution in [0.3, 0.4) is 0 Å². The van der Waals surface area contributed by atoms with Crippen molar-refractivity contribution in [1.82, 2.24) is 4.90 Å². The van der Waals surface area contributed by atoms with E-state index in [1.165, 1.54) is 18.7 Å². The molecule has 3 N–H and O–H groups in total. The molecule has 11 heteroatoms. The molecule has 2 aliphatic heterocycles. The van der Waals surface area contributed by atoms with E-state index in [2.05, 4.69) is 0 Å². The highest BCUT2D eigenvalue weighted by Crippen LogP contribution is 2.46. The van der Waals surface area contributed by atoms with Crippen LogP contribution in [0.15, 0.2) is 11.3 Å². The number of nitrogens with zero attached hydrogens (tertiary/aromatic N) is 2. The Hall–Kier alpha value is -2.14. The second-order valence-corrected chi connectivity index (χ2v) is 6.29. The first kappa shape index (κ1) is 17.2. The first-order chi connectivity index (χ1) is 10.7. The van der Waals surface area contributed by atoms with Gasteiger partial charge in [-0.25, -0.2) is 4.79 Å². The van der Waals surface area contributed by atoms with Crippen LogP contribution in [0.25, 0.3) is 0 Å². The predicted molar refractivity (Wildman–Crippen MR) is 77.8 cm³/mol. The van der Waals surface area contributed by atoms with Gasteiger partial charge in [-0.1, -0.05) is 0 Å². The van der Waals surface area contributed by atoms with E-state index in [-0.39, 0.29) is 24.5 Å². The summed E-state index contributed by atoms with van der Waals surface area (Å²) in [6, 6.07) is 0. The summed E-state index contributed by atoms with van der Waals surface area (Å²) in [5.41, 5.74) is 4.54. The average molecular weight is 345 g/mol. The highest BCUT2D eigenvalue weighted by Gasteiger charge is 2.62. The molecular weight excluding hydrogens is 330 g/mol. The third-order valence-electron chi connectivity index (χ3n) is 3.64. The largest absolute Gasteiger partial charge is 0.477 e. The van der Waals surface area contributed by atoms with Crippen LogP contribution in [0.4, 0.5) is 0 Å². The zero-order chi connectivity index (χ0) is 17.4. The van der Waals surface area contributed by atoms with Gasteiger partial charge in [-0.2, -0.15) is 0 Å². The van der Waals surface area contributed by atoms with Crippen molar-refractivity contribution in [2.75, 3.05) is 18.9 Å². The highest BCUT2D eigenvalue weighted by molar-refractivity contribution is 8.00. The van der Waals surface area contributed by atoms with E-state index < -0.39 is 40.2 Å². The van der Waals surface area contributed by atoms with Crippen molar-refractivity contribution in [2.45, 2.75) is 24.3 Å². The number of rotatable bonds is 6. The number of ether oxygens (including phenoxy) is 1. The molecule has 2 heterocycles. The third-order valence-corrected chi connectivity index (χ3v) is 5.11. The molecular formula is C12H15N3O7S. The summed E-state index contributed by atoms with van der Waals surface area (Å²) >= 11 is 1.20. The predicted octanol–water partition coefficient (Wildman–Crippen LogP) is -0.832. The van der Waals surface area contributed by atoms with Crippen LogP contribution in [0.2, 0.25) is 0 Å². The Morgan fingerprint density at radius 1 is 1.61 bits per heavy atom. The van der Waals surface area contributed by atoms with Crippen molar-refractivity contribution in [3.8, 4) is 0 Å². The maximum absolute atomic E-state index is 12.3. The number of hydrogen-bond donors (Lipinski definition) is 2. The lowest BCUT2D eigenvalue weighted by atomic mass is 9.84. The summed E-state index contributed by atoms with van der Waals surface area (Å²) in [5.74, 6) is -2.36. The van der Waals surface area contributed by atoms with Gasteiger partial charge in [0.1, 0.15) is 23.2 Å². The number of esters is 1. The van der Waals surface area contributed by atoms with Gasteiger partial charge in [0.2, 0.25) is 6.54 Å². The molecule has 0 aromatic rings. The molecule has 2 rings (SSSR count). The lowest BCUT2D eigenvalue weighted by Gasteiger charge is -2.55. The Kier molecular flexibility index (Phi) is 4.61. The van der Waals surface area contributed by atoms with Crippen LogP contribution >= 0.6 is 11.8 Å². The number of nitro groups is 1. The van der Waals surface area contributed by atoms with E-state index >= 15 is 0 Å². The first-order valence-electron chi connectivity index (χ1n) is 6.63. The number of carboxylic acids is 1. The fourth-order valence-electron chi connectivity index (χ4n) is 2.52. The van der Waals surface area contributed by atoms with Crippen molar-refractivity contribution in [3.05, 3.63) is 21.4 Å². The van der Waals surface area contributed by atoms with Gasteiger partial charge in [-0.15, -0.1) is 11.8 Å². The summed E-state index contributed by atoms with van der Waals surface area (Å²) in [6.07, 6.45) is -0.167. The summed E-state index contributed by atoms with van der Waals surface area (Å²) in [5, 5.41) is 19.2. The van der Waals surface area contributed by atoms with E-state index in [9.17, 15) is 29.6 Å². The maximum atomic E-state index is 12.3. The first-order valence-corrected chi connectivity index (χ1v) is 7.68. The summed E-state index contributed by atoms with van der Waals surface area (Å²) in [7, 11) is 0. The molecule has 10 nitrogen and oxygen atoms in total. The molecule has 0 saturated carbocycles. The van der Waals surface area contributed by atoms with Crippen molar-refractivity contribution < 1.29 is 29.2 Å². The lowest BCUT2D eigenvalue weighted by Crippen LogP contribution is -2.78. The molecule has 1 saturated heterocycles. The Balaban J connectivity index is 2.24. The fraction of sp³-hybridized carbons (Fsp3) is 0.583. The molecule has 0 radical (unpaired) electrons. The van der Waals surface area contributed by atoms with E-state index in [0.29, 0.717) is 5.57 Å². The number of nitrogens with two attached hydrogens (primary N) is 1. The molecule has 0 aliphatic carbocycles. The van der Waals surface area contributed by atoms with Gasteiger partial charge >= 0.3 is 11.9 Å². The van der Waals surface area contributed by atoms with Gasteiger partial charge in [0.15, 0.2) is 0 Å². The van der Waals surface area contributed by atoms with Crippen LogP contribution in [-0.2, 0) is 19.1 Å². The molecule has 2 atom stereocenters. The van der Waals surface area contributed by atoms with Gasteiger partial charge in [-0.3, -0.25) is 24.6 Å². The number of thioether (sulfide) groups is 1. The number of β-lactam (4-membered cyclic amide) rings is 1. The van der Waals surface area contributed by atoms with E-state index in [1.54, 1.807) is 0 Å². The van der Waals surface area contributed by atoms with Crippen LogP contribution in [0.5, 0.6) is 0 Å². The minimum absolute atomic E-state index is 0.167. The van der Waals surface area contributed by atoms with Gasteiger partial charge < -0.3 is 15.6 Å². The minimum Gasteiger partial charge on any atom is -0.477 e. The van der Waals surface area contributed by atoms with Gasteiger partial charge in [0.05, 0.1) is 0 Å². The summed E-state index contributed by atoms with van der Waals surface area (Å²) < 4.78 is 4.80. The summed E-state index contributed by atoms with van der Waals surface area (Å²) in [4.78, 5) is 45.6. The molecule has 1 fully saturated rings. The Labute approximate surface area is 134 Å². The third kappa shape index (κ3) is 3.01. The van der Waals surface area contributed by atoms with Crippen LogP contribution < -0.4 is 5.73 Å². The lowest BCUT2D eigenvalue weighted by molar-refractivity contribution is -0.481. The zero-order valence-corrected chi connectivity index (χ0v) is 13.0. The fourth-order valence-corrected chi connectivity index (χ4v) is 3.97. The normalized spacial score (nSPS) is 26.4. The van der Waals surface area contributed by atoms with Crippen molar-refractivity contribution >= 4 is 29.6 Å². The molecule has 0 bridgehead atoms. The smallest absolute Gasteiger partial charge is 0.352 e. The molecule has 1 amide bonds. The number of amides is 1. The monoisotopic (exact) mass is 345 g/mol. The number of carbonyl (C=O) groups is 3. The zero-order valence-electron chi connectivity index (χ0n) is 12.2. The Morgan fingerprint density at radius 3 is 2.78 bits per heavy atom. The molecule has 0 unspecified atom stereocenters. The maximum Gasteiger partial charge on any atom is 0.352 e. The standard InChI is InChI=1S/C12H15N3O7S/c1-6(16)22-4-7-5-23-11-12(13,2-3-14(20)21)10(19)15(11)8(7)9(17)18/h11H,2-5,13H2,1H3,(H,17,18)/t11-,12+/m1/s1. The second-order valence-electron chi connectivity index (χ2n) is 5.22. The topological polar surface area (TPSA) is 153 Å². The average Bonchev–Trinajstić information content (AvgIpc) is 2.48. The molecule has 0 aromatic carbocycles. The molecule has 126 valence electrons. The van der Waals surface area contributed by atoms with E-state index in [0.717, 1.165) is 4.90 Å². The van der Waals surface area contributed by atoms with Crippen molar-refractivity contribution in [2.24, 2.45) is 5.73 Å². The molecule has 0 aromatic heterocycles. The van der Waals surface area contributed by atoms with E-state index in [4.69, 9.17) is 10.5 Å². The molecule has 23 heavy (non-hydrogen) atoms.